The van der Waals surface area contributed by atoms with E-state index in [1.54, 1.807) is 0 Å². The molecule has 2 rings (SSSR count). The number of nitrogens with zero attached hydrogens (tertiary/aromatic N) is 2. The van der Waals surface area contributed by atoms with Gasteiger partial charge in [-0.05, 0) is 50.8 Å². The van der Waals surface area contributed by atoms with Gasteiger partial charge in [0.05, 0.1) is 6.61 Å². The largest absolute Gasteiger partial charge is 0.493 e. The second-order valence-electron chi connectivity index (χ2n) is 6.93. The summed E-state index contributed by atoms with van der Waals surface area (Å²) in [4.78, 5) is 26.7. The van der Waals surface area contributed by atoms with Gasteiger partial charge in [0.15, 0.2) is 0 Å². The lowest BCUT2D eigenvalue weighted by molar-refractivity contribution is -0.145. The predicted octanol–water partition coefficient (Wildman–Crippen LogP) is 2.55. The van der Waals surface area contributed by atoms with Crippen molar-refractivity contribution in [2.24, 2.45) is 0 Å². The van der Waals surface area contributed by atoms with Crippen LogP contribution in [0.15, 0.2) is 24.3 Å². The molecule has 0 aliphatic carbocycles. The van der Waals surface area contributed by atoms with Crippen molar-refractivity contribution in [2.45, 2.75) is 45.6 Å². The molecular formula is C20H30N2O4. The van der Waals surface area contributed by atoms with E-state index in [0.29, 0.717) is 6.61 Å². The molecule has 0 aromatic heterocycles. The minimum atomic E-state index is -0.949. The van der Waals surface area contributed by atoms with Gasteiger partial charge >= 0.3 is 5.97 Å². The first-order valence-electron chi connectivity index (χ1n) is 9.37. The van der Waals surface area contributed by atoms with Gasteiger partial charge < -0.3 is 19.6 Å². The summed E-state index contributed by atoms with van der Waals surface area (Å²) >= 11 is 0. The molecule has 1 aliphatic rings. The van der Waals surface area contributed by atoms with Crippen molar-refractivity contribution in [1.82, 2.24) is 9.80 Å². The van der Waals surface area contributed by atoms with Gasteiger partial charge in [0.1, 0.15) is 12.3 Å². The second kappa shape index (κ2) is 10.2. The van der Waals surface area contributed by atoms with Gasteiger partial charge in [-0.25, -0.2) is 0 Å². The molecule has 1 heterocycles. The van der Waals surface area contributed by atoms with Crippen LogP contribution in [-0.2, 0) is 9.59 Å². The number of aryl methyl sites for hydroxylation is 1. The Labute approximate surface area is 155 Å². The number of aliphatic carboxylic acids is 1. The smallest absolute Gasteiger partial charge is 0.323 e. The Hall–Kier alpha value is -2.08. The molecule has 6 heteroatoms. The van der Waals surface area contributed by atoms with E-state index in [1.807, 2.05) is 31.2 Å². The Balaban J connectivity index is 1.75. The Morgan fingerprint density at radius 3 is 2.73 bits per heavy atom. The summed E-state index contributed by atoms with van der Waals surface area (Å²) in [6.07, 6.45) is 3.62. The van der Waals surface area contributed by atoms with E-state index in [1.165, 1.54) is 11.8 Å². The summed E-state index contributed by atoms with van der Waals surface area (Å²) in [5.74, 6) is -0.165. The van der Waals surface area contributed by atoms with Gasteiger partial charge in [-0.1, -0.05) is 18.2 Å². The van der Waals surface area contributed by atoms with Gasteiger partial charge in [-0.3, -0.25) is 9.59 Å². The number of carboxylic acids is 1. The number of carboxylic acid groups (broad SMARTS) is 1. The van der Waals surface area contributed by atoms with Crippen LogP contribution >= 0.6 is 0 Å². The van der Waals surface area contributed by atoms with Crippen LogP contribution in [-0.4, -0.2) is 65.6 Å². The summed E-state index contributed by atoms with van der Waals surface area (Å²) in [6.45, 7) is 6.81. The molecule has 0 saturated carbocycles. The van der Waals surface area contributed by atoms with Crippen LogP contribution in [0.1, 0.15) is 38.2 Å². The Morgan fingerprint density at radius 1 is 1.27 bits per heavy atom. The predicted molar refractivity (Wildman–Crippen MR) is 100 cm³/mol. The number of likely N-dealkylation sites (tertiary alicyclic amines) is 1. The van der Waals surface area contributed by atoms with Crippen molar-refractivity contribution in [2.75, 3.05) is 32.8 Å². The van der Waals surface area contributed by atoms with E-state index < -0.39 is 5.97 Å². The third-order valence-corrected chi connectivity index (χ3v) is 4.91. The molecule has 1 N–H and O–H groups in total. The molecule has 6 nitrogen and oxygen atoms in total. The summed E-state index contributed by atoms with van der Waals surface area (Å²) in [5, 5.41) is 9.02. The van der Waals surface area contributed by atoms with Crippen LogP contribution in [0.5, 0.6) is 5.75 Å². The first kappa shape index (κ1) is 20.2. The number of amides is 1. The molecule has 0 spiro atoms. The van der Waals surface area contributed by atoms with E-state index in [2.05, 4.69) is 4.90 Å². The van der Waals surface area contributed by atoms with Crippen LogP contribution in [0.4, 0.5) is 0 Å². The van der Waals surface area contributed by atoms with E-state index in [4.69, 9.17) is 9.84 Å². The lowest BCUT2D eigenvalue weighted by Crippen LogP contribution is -2.42. The quantitative estimate of drug-likeness (QED) is 0.720. The topological polar surface area (TPSA) is 70.1 Å². The normalized spacial score (nSPS) is 18.2. The zero-order chi connectivity index (χ0) is 18.9. The second-order valence-corrected chi connectivity index (χ2v) is 6.93. The van der Waals surface area contributed by atoms with Gasteiger partial charge in [0.25, 0.3) is 0 Å². The minimum absolute atomic E-state index is 0.0248. The Morgan fingerprint density at radius 2 is 2.04 bits per heavy atom. The number of carbonyl (C=O) groups excluding carboxylic acids is 1. The maximum absolute atomic E-state index is 11.8. The zero-order valence-electron chi connectivity index (χ0n) is 15.8. The third-order valence-electron chi connectivity index (χ3n) is 4.91. The fourth-order valence-electron chi connectivity index (χ4n) is 3.51. The highest BCUT2D eigenvalue weighted by Crippen LogP contribution is 2.18. The number of carbonyl (C=O) groups is 2. The fourth-order valence-corrected chi connectivity index (χ4v) is 3.51. The third kappa shape index (κ3) is 6.33. The molecule has 0 radical (unpaired) electrons. The molecule has 1 amide bonds. The Kier molecular flexibility index (Phi) is 7.91. The Bertz CT molecular complexity index is 605. The zero-order valence-corrected chi connectivity index (χ0v) is 15.8. The van der Waals surface area contributed by atoms with E-state index in [-0.39, 0.29) is 18.5 Å². The molecule has 26 heavy (non-hydrogen) atoms. The van der Waals surface area contributed by atoms with Crippen molar-refractivity contribution >= 4 is 11.9 Å². The maximum atomic E-state index is 11.8. The molecule has 0 unspecified atom stereocenters. The molecule has 1 saturated heterocycles. The molecule has 1 fully saturated rings. The van der Waals surface area contributed by atoms with Gasteiger partial charge in [-0.15, -0.1) is 0 Å². The number of para-hydroxylation sites is 1. The van der Waals surface area contributed by atoms with Crippen molar-refractivity contribution in [3.05, 3.63) is 29.8 Å². The standard InChI is InChI=1S/C20H30N2O4/c1-16-7-3-4-9-19(16)26-14-6-12-21-11-5-8-18(10-13-21)22(17(2)23)15-20(24)25/h3-4,7,9,18H,5-6,8,10-15H2,1-2H3,(H,24,25)/t18-/m1/s1. The number of ether oxygens (including phenoxy) is 1. The van der Waals surface area contributed by atoms with Crippen LogP contribution in [0, 0.1) is 6.92 Å². The van der Waals surface area contributed by atoms with Crippen LogP contribution < -0.4 is 4.74 Å². The number of hydrogen-bond donors (Lipinski definition) is 1. The van der Waals surface area contributed by atoms with Crippen molar-refractivity contribution in [3.8, 4) is 5.75 Å². The van der Waals surface area contributed by atoms with E-state index >= 15 is 0 Å². The van der Waals surface area contributed by atoms with Gasteiger partial charge in [0.2, 0.25) is 5.91 Å². The molecule has 1 aromatic rings. The summed E-state index contributed by atoms with van der Waals surface area (Å²) in [7, 11) is 0. The average Bonchev–Trinajstić information content (AvgIpc) is 2.83. The van der Waals surface area contributed by atoms with Crippen LogP contribution in [0.3, 0.4) is 0 Å². The van der Waals surface area contributed by atoms with Crippen molar-refractivity contribution in [3.63, 3.8) is 0 Å². The van der Waals surface area contributed by atoms with Crippen molar-refractivity contribution < 1.29 is 19.4 Å². The molecule has 0 bridgehead atoms. The number of hydrogen-bond acceptors (Lipinski definition) is 4. The molecular weight excluding hydrogens is 332 g/mol. The highest BCUT2D eigenvalue weighted by atomic mass is 16.5. The number of benzene rings is 1. The molecule has 1 atom stereocenters. The lowest BCUT2D eigenvalue weighted by Gasteiger charge is -2.29. The van der Waals surface area contributed by atoms with E-state index in [0.717, 1.165) is 56.6 Å². The first-order chi connectivity index (χ1) is 12.5. The van der Waals surface area contributed by atoms with E-state index in [9.17, 15) is 9.59 Å². The van der Waals surface area contributed by atoms with Gasteiger partial charge in [0, 0.05) is 26.1 Å². The van der Waals surface area contributed by atoms with Crippen LogP contribution in [0.2, 0.25) is 0 Å². The molecule has 1 aromatic carbocycles. The summed E-state index contributed by atoms with van der Waals surface area (Å²) in [5.41, 5.74) is 1.15. The van der Waals surface area contributed by atoms with Crippen LogP contribution in [0.25, 0.3) is 0 Å². The summed E-state index contributed by atoms with van der Waals surface area (Å²) < 4.78 is 5.85. The lowest BCUT2D eigenvalue weighted by atomic mass is 10.1. The average molecular weight is 362 g/mol. The first-order valence-corrected chi connectivity index (χ1v) is 9.37. The SMILES string of the molecule is CC(=O)N(CC(=O)O)[C@@H]1CCCN(CCCOc2ccccc2C)CC1. The highest BCUT2D eigenvalue weighted by Gasteiger charge is 2.25. The highest BCUT2D eigenvalue weighted by molar-refractivity contribution is 5.79. The monoisotopic (exact) mass is 362 g/mol. The minimum Gasteiger partial charge on any atom is -0.493 e. The fraction of sp³-hybridized carbons (Fsp3) is 0.600. The number of rotatable bonds is 8. The maximum Gasteiger partial charge on any atom is 0.323 e. The molecule has 144 valence electrons. The van der Waals surface area contributed by atoms with Crippen molar-refractivity contribution in [1.29, 1.82) is 0 Å². The van der Waals surface area contributed by atoms with Gasteiger partial charge in [-0.2, -0.15) is 0 Å². The summed E-state index contributed by atoms with van der Waals surface area (Å²) in [6, 6.07) is 8.05. The molecule has 1 aliphatic heterocycles.